The van der Waals surface area contributed by atoms with Gasteiger partial charge >= 0.3 is 0 Å². The van der Waals surface area contributed by atoms with Crippen LogP contribution < -0.4 is 4.74 Å². The van der Waals surface area contributed by atoms with Crippen molar-refractivity contribution in [3.05, 3.63) is 29.8 Å². The van der Waals surface area contributed by atoms with Crippen molar-refractivity contribution < 1.29 is 4.74 Å². The topological polar surface area (TPSA) is 33.0 Å². The summed E-state index contributed by atoms with van der Waals surface area (Å²) >= 11 is 0. The molecule has 0 bridgehead atoms. The Morgan fingerprint density at radius 3 is 2.88 bits per heavy atom. The predicted octanol–water partition coefficient (Wildman–Crippen LogP) is 3.67. The molecule has 2 heteroatoms. The van der Waals surface area contributed by atoms with Crippen LogP contribution in [0.4, 0.5) is 0 Å². The fourth-order valence-corrected chi connectivity index (χ4v) is 2.42. The normalized spacial score (nSPS) is 22.7. The van der Waals surface area contributed by atoms with Gasteiger partial charge in [-0.15, -0.1) is 0 Å². The monoisotopic (exact) mass is 229 g/mol. The van der Waals surface area contributed by atoms with Crippen LogP contribution in [0.25, 0.3) is 0 Å². The van der Waals surface area contributed by atoms with Crippen LogP contribution in [-0.4, -0.2) is 6.61 Å². The molecule has 1 unspecified atom stereocenters. The third-order valence-electron chi connectivity index (χ3n) is 3.55. The van der Waals surface area contributed by atoms with Gasteiger partial charge in [-0.05, 0) is 24.8 Å². The van der Waals surface area contributed by atoms with E-state index < -0.39 is 0 Å². The minimum Gasteiger partial charge on any atom is -0.493 e. The zero-order valence-corrected chi connectivity index (χ0v) is 10.6. The molecule has 17 heavy (non-hydrogen) atoms. The molecule has 0 aliphatic carbocycles. The molecule has 0 saturated heterocycles. The Bertz CT molecular complexity index is 433. The van der Waals surface area contributed by atoms with E-state index in [2.05, 4.69) is 19.9 Å². The maximum absolute atomic E-state index is 9.60. The Morgan fingerprint density at radius 1 is 1.41 bits per heavy atom. The molecular formula is C15H19NO. The highest BCUT2D eigenvalue weighted by Gasteiger charge is 2.37. The summed E-state index contributed by atoms with van der Waals surface area (Å²) in [7, 11) is 0. The molecule has 0 aromatic heterocycles. The highest BCUT2D eigenvalue weighted by atomic mass is 16.5. The zero-order chi connectivity index (χ0) is 12.3. The molecule has 1 aromatic carbocycles. The van der Waals surface area contributed by atoms with Crippen molar-refractivity contribution in [2.75, 3.05) is 6.61 Å². The van der Waals surface area contributed by atoms with Crippen LogP contribution in [-0.2, 0) is 5.41 Å². The summed E-state index contributed by atoms with van der Waals surface area (Å²) in [5.41, 5.74) is 0.744. The molecule has 1 atom stereocenters. The van der Waals surface area contributed by atoms with Crippen LogP contribution in [0.15, 0.2) is 24.3 Å². The number of ether oxygens (including phenoxy) is 1. The van der Waals surface area contributed by atoms with E-state index >= 15 is 0 Å². The zero-order valence-electron chi connectivity index (χ0n) is 10.6. The minimum absolute atomic E-state index is 0.334. The fourth-order valence-electron chi connectivity index (χ4n) is 2.42. The number of rotatable bonds is 3. The molecule has 0 N–H and O–H groups in total. The number of hydrogen-bond donors (Lipinski definition) is 0. The lowest BCUT2D eigenvalue weighted by molar-refractivity contribution is 0.230. The average Bonchev–Trinajstić information content (AvgIpc) is 2.36. The van der Waals surface area contributed by atoms with Crippen LogP contribution in [0.2, 0.25) is 0 Å². The summed E-state index contributed by atoms with van der Waals surface area (Å²) in [6.45, 7) is 5.06. The number of benzene rings is 1. The van der Waals surface area contributed by atoms with E-state index in [4.69, 9.17) is 4.74 Å². The summed E-state index contributed by atoms with van der Waals surface area (Å²) in [5, 5.41) is 9.60. The quantitative estimate of drug-likeness (QED) is 0.792. The molecule has 2 nitrogen and oxygen atoms in total. The van der Waals surface area contributed by atoms with Gasteiger partial charge in [-0.1, -0.05) is 32.0 Å². The Kier molecular flexibility index (Phi) is 3.38. The van der Waals surface area contributed by atoms with Crippen molar-refractivity contribution in [2.24, 2.45) is 5.92 Å². The number of nitrogens with zero attached hydrogens (tertiary/aromatic N) is 1. The first-order valence-electron chi connectivity index (χ1n) is 6.31. The molecule has 0 saturated carbocycles. The highest BCUT2D eigenvalue weighted by Crippen LogP contribution is 2.42. The molecule has 1 aliphatic rings. The largest absolute Gasteiger partial charge is 0.493 e. The van der Waals surface area contributed by atoms with E-state index in [0.29, 0.717) is 12.5 Å². The number of fused-ring (bicyclic) bond motifs is 1. The van der Waals surface area contributed by atoms with Crippen LogP contribution in [0, 0.1) is 17.2 Å². The van der Waals surface area contributed by atoms with E-state index in [9.17, 15) is 5.26 Å². The lowest BCUT2D eigenvalue weighted by atomic mass is 9.73. The van der Waals surface area contributed by atoms with Crippen molar-refractivity contribution in [2.45, 2.75) is 38.5 Å². The van der Waals surface area contributed by atoms with Crippen molar-refractivity contribution in [3.63, 3.8) is 0 Å². The van der Waals surface area contributed by atoms with Gasteiger partial charge in [-0.3, -0.25) is 0 Å². The van der Waals surface area contributed by atoms with Crippen molar-refractivity contribution >= 4 is 0 Å². The lowest BCUT2D eigenvalue weighted by Gasteiger charge is -2.33. The van der Waals surface area contributed by atoms with Gasteiger partial charge in [0, 0.05) is 12.0 Å². The molecule has 2 rings (SSSR count). The second-order valence-electron chi connectivity index (χ2n) is 5.22. The molecule has 90 valence electrons. The number of hydrogen-bond acceptors (Lipinski definition) is 2. The van der Waals surface area contributed by atoms with Gasteiger partial charge in [0.25, 0.3) is 0 Å². The molecule has 1 heterocycles. The first kappa shape index (κ1) is 12.0. The third-order valence-corrected chi connectivity index (χ3v) is 3.55. The van der Waals surface area contributed by atoms with E-state index in [0.717, 1.165) is 30.6 Å². The van der Waals surface area contributed by atoms with Gasteiger partial charge in [0.05, 0.1) is 18.1 Å². The number of nitriles is 1. The van der Waals surface area contributed by atoms with E-state index in [1.807, 2.05) is 24.3 Å². The van der Waals surface area contributed by atoms with Gasteiger partial charge in [0.1, 0.15) is 5.75 Å². The second-order valence-corrected chi connectivity index (χ2v) is 5.22. The maximum Gasteiger partial charge on any atom is 0.124 e. The fraction of sp³-hybridized carbons (Fsp3) is 0.533. The van der Waals surface area contributed by atoms with E-state index in [1.165, 1.54) is 0 Å². The smallest absolute Gasteiger partial charge is 0.124 e. The van der Waals surface area contributed by atoms with E-state index in [-0.39, 0.29) is 5.41 Å². The van der Waals surface area contributed by atoms with Crippen molar-refractivity contribution in [1.29, 1.82) is 5.26 Å². The number of para-hydroxylation sites is 1. The standard InChI is InChI=1S/C15H19NO/c1-12(2)7-8-15(11-16)9-10-17-14-6-4-3-5-13(14)15/h3-6,12H,7-10H2,1-2H3. The van der Waals surface area contributed by atoms with Gasteiger partial charge < -0.3 is 4.74 Å². The summed E-state index contributed by atoms with van der Waals surface area (Å²) in [6, 6.07) is 10.5. The van der Waals surface area contributed by atoms with E-state index in [1.54, 1.807) is 0 Å². The summed E-state index contributed by atoms with van der Waals surface area (Å²) in [6.07, 6.45) is 2.83. The molecular weight excluding hydrogens is 210 g/mol. The Balaban J connectivity index is 2.33. The molecule has 0 spiro atoms. The van der Waals surface area contributed by atoms with Crippen molar-refractivity contribution in [1.82, 2.24) is 0 Å². The SMILES string of the molecule is CC(C)CCC1(C#N)CCOc2ccccc21. The molecule has 0 amide bonds. The maximum atomic E-state index is 9.60. The summed E-state index contributed by atoms with van der Waals surface area (Å²) in [4.78, 5) is 0. The van der Waals surface area contributed by atoms with Crippen LogP contribution in [0.3, 0.4) is 0 Å². The third kappa shape index (κ3) is 2.29. The Hall–Kier alpha value is -1.49. The summed E-state index contributed by atoms with van der Waals surface area (Å²) < 4.78 is 5.64. The minimum atomic E-state index is -0.334. The van der Waals surface area contributed by atoms with Gasteiger partial charge in [0.2, 0.25) is 0 Å². The highest BCUT2D eigenvalue weighted by molar-refractivity contribution is 5.45. The van der Waals surface area contributed by atoms with Crippen LogP contribution >= 0.6 is 0 Å². The first-order valence-corrected chi connectivity index (χ1v) is 6.31. The second kappa shape index (κ2) is 4.79. The summed E-state index contributed by atoms with van der Waals surface area (Å²) in [5.74, 6) is 1.53. The Morgan fingerprint density at radius 2 is 2.18 bits per heavy atom. The lowest BCUT2D eigenvalue weighted by Crippen LogP contribution is -2.31. The molecule has 0 radical (unpaired) electrons. The average molecular weight is 229 g/mol. The van der Waals surface area contributed by atoms with Gasteiger partial charge in [0.15, 0.2) is 0 Å². The predicted molar refractivity (Wildman–Crippen MR) is 67.9 cm³/mol. The van der Waals surface area contributed by atoms with Crippen molar-refractivity contribution in [3.8, 4) is 11.8 Å². The first-order chi connectivity index (χ1) is 8.18. The molecule has 0 fully saturated rings. The molecule has 1 aliphatic heterocycles. The molecule has 1 aromatic rings. The Labute approximate surface area is 103 Å². The van der Waals surface area contributed by atoms with Crippen LogP contribution in [0.5, 0.6) is 5.75 Å². The van der Waals surface area contributed by atoms with Crippen LogP contribution in [0.1, 0.15) is 38.7 Å². The van der Waals surface area contributed by atoms with Gasteiger partial charge in [-0.25, -0.2) is 0 Å². The van der Waals surface area contributed by atoms with Gasteiger partial charge in [-0.2, -0.15) is 5.26 Å².